The fourth-order valence-electron chi connectivity index (χ4n) is 1.44. The minimum atomic E-state index is -3.72. The first-order valence-electron chi connectivity index (χ1n) is 4.33. The Morgan fingerprint density at radius 2 is 1.93 bits per heavy atom. The van der Waals surface area contributed by atoms with Crippen LogP contribution in [-0.4, -0.2) is 21.6 Å². The molecule has 1 aliphatic heterocycles. The van der Waals surface area contributed by atoms with Crippen LogP contribution in [0.2, 0.25) is 0 Å². The summed E-state index contributed by atoms with van der Waals surface area (Å²) in [6.07, 6.45) is 0. The van der Waals surface area contributed by atoms with E-state index in [0.717, 1.165) is 0 Å². The Kier molecular flexibility index (Phi) is 2.52. The Morgan fingerprint density at radius 3 is 2.60 bits per heavy atom. The summed E-state index contributed by atoms with van der Waals surface area (Å²) in [5.74, 6) is 1.02. The maximum Gasteiger partial charge on any atom is 0.261 e. The van der Waals surface area contributed by atoms with Crippen molar-refractivity contribution >= 4 is 19.7 Å². The predicted molar refractivity (Wildman–Crippen MR) is 55.2 cm³/mol. The molecular weight excluding hydrogens is 240 g/mol. The van der Waals surface area contributed by atoms with Crippen molar-refractivity contribution in [1.82, 2.24) is 0 Å². The van der Waals surface area contributed by atoms with E-state index in [-0.39, 0.29) is 4.90 Å². The smallest absolute Gasteiger partial charge is 0.261 e. The van der Waals surface area contributed by atoms with Gasteiger partial charge in [-0.3, -0.25) is 0 Å². The van der Waals surface area contributed by atoms with Gasteiger partial charge in [-0.1, -0.05) is 0 Å². The third-order valence-corrected chi connectivity index (χ3v) is 3.42. The van der Waals surface area contributed by atoms with Crippen LogP contribution in [-0.2, 0) is 9.05 Å². The molecule has 0 spiro atoms. The molecule has 82 valence electrons. The van der Waals surface area contributed by atoms with Crippen LogP contribution < -0.4 is 9.47 Å². The van der Waals surface area contributed by atoms with Gasteiger partial charge in [-0.05, 0) is 18.6 Å². The average molecular weight is 249 g/mol. The molecule has 0 saturated carbocycles. The second-order valence-electron chi connectivity index (χ2n) is 3.20. The predicted octanol–water partition coefficient (Wildman–Crippen LogP) is 1.69. The van der Waals surface area contributed by atoms with Crippen molar-refractivity contribution in [2.45, 2.75) is 11.8 Å². The molecule has 0 unspecified atom stereocenters. The normalized spacial score (nSPS) is 15.1. The molecule has 1 aromatic carbocycles. The number of halogens is 1. The first kappa shape index (κ1) is 10.6. The fraction of sp³-hybridized carbons (Fsp3) is 0.333. The Hall–Kier alpha value is -0.940. The number of rotatable bonds is 1. The van der Waals surface area contributed by atoms with Crippen molar-refractivity contribution in [2.75, 3.05) is 13.2 Å². The molecule has 0 saturated heterocycles. The highest BCUT2D eigenvalue weighted by Gasteiger charge is 2.19. The highest BCUT2D eigenvalue weighted by Crippen LogP contribution is 2.36. The highest BCUT2D eigenvalue weighted by molar-refractivity contribution is 8.13. The number of hydrogen-bond acceptors (Lipinski definition) is 4. The zero-order chi connectivity index (χ0) is 11.1. The van der Waals surface area contributed by atoms with Gasteiger partial charge in [0, 0.05) is 16.7 Å². The number of hydrogen-bond donors (Lipinski definition) is 0. The van der Waals surface area contributed by atoms with Crippen LogP contribution in [0, 0.1) is 6.92 Å². The van der Waals surface area contributed by atoms with Gasteiger partial charge < -0.3 is 9.47 Å². The summed E-state index contributed by atoms with van der Waals surface area (Å²) in [6.45, 7) is 2.64. The van der Waals surface area contributed by atoms with Crippen LogP contribution in [0.3, 0.4) is 0 Å². The Balaban J connectivity index is 2.60. The van der Waals surface area contributed by atoms with Crippen LogP contribution in [0.5, 0.6) is 11.5 Å². The molecule has 0 radical (unpaired) electrons. The topological polar surface area (TPSA) is 52.6 Å². The molecule has 1 heterocycles. The minimum Gasteiger partial charge on any atom is -0.486 e. The number of ether oxygens (including phenoxy) is 2. The molecule has 6 heteroatoms. The van der Waals surface area contributed by atoms with E-state index in [9.17, 15) is 8.42 Å². The van der Waals surface area contributed by atoms with Gasteiger partial charge in [0.05, 0.1) is 4.90 Å². The summed E-state index contributed by atoms with van der Waals surface area (Å²) >= 11 is 0. The van der Waals surface area contributed by atoms with Gasteiger partial charge in [-0.15, -0.1) is 0 Å². The monoisotopic (exact) mass is 248 g/mol. The van der Waals surface area contributed by atoms with Crippen molar-refractivity contribution in [1.29, 1.82) is 0 Å². The lowest BCUT2D eigenvalue weighted by Gasteiger charge is -2.20. The molecule has 1 aliphatic rings. The van der Waals surface area contributed by atoms with E-state index in [1.165, 1.54) is 12.1 Å². The van der Waals surface area contributed by atoms with Gasteiger partial charge in [0.15, 0.2) is 11.5 Å². The molecule has 0 atom stereocenters. The molecule has 15 heavy (non-hydrogen) atoms. The lowest BCUT2D eigenvalue weighted by atomic mass is 10.2. The lowest BCUT2D eigenvalue weighted by Crippen LogP contribution is -2.16. The second-order valence-corrected chi connectivity index (χ2v) is 5.77. The quantitative estimate of drug-likeness (QED) is 0.710. The van der Waals surface area contributed by atoms with Crippen LogP contribution in [0.15, 0.2) is 17.0 Å². The van der Waals surface area contributed by atoms with E-state index in [4.69, 9.17) is 20.2 Å². The summed E-state index contributed by atoms with van der Waals surface area (Å²) in [7, 11) is 1.53. The third-order valence-electron chi connectivity index (χ3n) is 2.08. The average Bonchev–Trinajstić information content (AvgIpc) is 2.16. The molecule has 0 fully saturated rings. The van der Waals surface area contributed by atoms with Crippen LogP contribution in [0.4, 0.5) is 0 Å². The molecule has 2 rings (SSSR count). The first-order chi connectivity index (χ1) is 6.98. The zero-order valence-electron chi connectivity index (χ0n) is 7.99. The summed E-state index contributed by atoms with van der Waals surface area (Å²) in [4.78, 5) is 0.0333. The van der Waals surface area contributed by atoms with E-state index < -0.39 is 9.05 Å². The van der Waals surface area contributed by atoms with E-state index in [0.29, 0.717) is 30.3 Å². The Labute approximate surface area is 92.2 Å². The van der Waals surface area contributed by atoms with Crippen LogP contribution in [0.25, 0.3) is 0 Å². The summed E-state index contributed by atoms with van der Waals surface area (Å²) in [5.41, 5.74) is 0.700. The maximum atomic E-state index is 11.1. The van der Waals surface area contributed by atoms with E-state index in [1.54, 1.807) is 6.92 Å². The van der Waals surface area contributed by atoms with Gasteiger partial charge in [-0.2, -0.15) is 0 Å². The van der Waals surface area contributed by atoms with Crippen LogP contribution >= 0.6 is 10.7 Å². The van der Waals surface area contributed by atoms with Crippen molar-refractivity contribution in [2.24, 2.45) is 0 Å². The molecule has 1 aromatic rings. The molecular formula is C9H9ClO4S. The van der Waals surface area contributed by atoms with Crippen molar-refractivity contribution in [3.63, 3.8) is 0 Å². The maximum absolute atomic E-state index is 11.1. The van der Waals surface area contributed by atoms with Gasteiger partial charge in [0.2, 0.25) is 0 Å². The van der Waals surface area contributed by atoms with Crippen molar-refractivity contribution in [3.05, 3.63) is 17.7 Å². The Morgan fingerprint density at radius 1 is 1.27 bits per heavy atom. The van der Waals surface area contributed by atoms with E-state index >= 15 is 0 Å². The van der Waals surface area contributed by atoms with Gasteiger partial charge in [0.25, 0.3) is 9.05 Å². The Bertz CT molecular complexity index is 495. The van der Waals surface area contributed by atoms with Crippen molar-refractivity contribution < 1.29 is 17.9 Å². The van der Waals surface area contributed by atoms with Crippen molar-refractivity contribution in [3.8, 4) is 11.5 Å². The third kappa shape index (κ3) is 2.03. The number of benzene rings is 1. The number of fused-ring (bicyclic) bond motifs is 1. The standard InChI is InChI=1S/C9H9ClO4S/c1-6-4-7(15(10,11)12)5-8-9(6)14-3-2-13-8/h4-5H,2-3H2,1H3. The lowest BCUT2D eigenvalue weighted by molar-refractivity contribution is 0.170. The molecule has 0 amide bonds. The summed E-state index contributed by atoms with van der Waals surface area (Å²) < 4.78 is 32.9. The van der Waals surface area contributed by atoms with Crippen LogP contribution in [0.1, 0.15) is 5.56 Å². The molecule has 0 bridgehead atoms. The summed E-state index contributed by atoms with van der Waals surface area (Å²) in [6, 6.07) is 2.85. The first-order valence-corrected chi connectivity index (χ1v) is 6.64. The van der Waals surface area contributed by atoms with Gasteiger partial charge in [0.1, 0.15) is 13.2 Å². The summed E-state index contributed by atoms with van der Waals surface area (Å²) in [5, 5.41) is 0. The van der Waals surface area contributed by atoms with E-state index in [1.807, 2.05) is 0 Å². The minimum absolute atomic E-state index is 0.0333. The van der Waals surface area contributed by atoms with Gasteiger partial charge >= 0.3 is 0 Å². The fourth-order valence-corrected chi connectivity index (χ4v) is 2.27. The second kappa shape index (κ2) is 3.57. The zero-order valence-corrected chi connectivity index (χ0v) is 9.56. The van der Waals surface area contributed by atoms with Gasteiger partial charge in [-0.25, -0.2) is 8.42 Å². The SMILES string of the molecule is Cc1cc(S(=O)(=O)Cl)cc2c1OCCO2. The molecule has 0 aliphatic carbocycles. The molecule has 0 N–H and O–H groups in total. The highest BCUT2D eigenvalue weighted by atomic mass is 35.7. The van der Waals surface area contributed by atoms with E-state index in [2.05, 4.69) is 0 Å². The molecule has 4 nitrogen and oxygen atoms in total. The number of aryl methyl sites for hydroxylation is 1. The molecule has 0 aromatic heterocycles. The largest absolute Gasteiger partial charge is 0.486 e.